The summed E-state index contributed by atoms with van der Waals surface area (Å²) in [6, 6.07) is 46.1. The number of fused-ring (bicyclic) bond motifs is 8. The SMILES string of the molecule is CC(C)(C)C(O)=Nc1ccccc1-c1c2nc(c(-c3ccccc3N=C(O)C(C)(C)C)c3ccc([nH]3)c(-c3ccccc3N=C(O)C(C)(C)C)c3nc(c(-c4ccccc4N=C(O)COc4ccccc4CS)c4ccc1[nH]4)C=C3)C=C2. The van der Waals surface area contributed by atoms with E-state index in [-0.39, 0.29) is 30.2 Å². The van der Waals surface area contributed by atoms with Crippen molar-refractivity contribution < 1.29 is 25.2 Å². The molecular formula is C68H66N8O5S. The summed E-state index contributed by atoms with van der Waals surface area (Å²) >= 11 is 4.48. The maximum Gasteiger partial charge on any atom is 0.225 e. The molecule has 3 aromatic heterocycles. The number of nitrogens with one attached hydrogen (secondary N) is 2. The highest BCUT2D eigenvalue weighted by molar-refractivity contribution is 7.79. The molecule has 0 spiro atoms. The number of aromatic nitrogens is 4. The molecule has 0 aliphatic carbocycles. The number of aliphatic imine (C=N–C) groups is 4. The van der Waals surface area contributed by atoms with E-state index in [1.54, 1.807) is 0 Å². The Morgan fingerprint density at radius 1 is 0.415 bits per heavy atom. The third-order valence-corrected chi connectivity index (χ3v) is 14.2. The molecule has 0 radical (unpaired) electrons. The molecule has 0 fully saturated rings. The highest BCUT2D eigenvalue weighted by Crippen LogP contribution is 2.45. The maximum absolute atomic E-state index is 11.6. The number of nitrogens with zero attached hydrogens (tertiary/aromatic N) is 6. The van der Waals surface area contributed by atoms with E-state index in [0.29, 0.717) is 124 Å². The fourth-order valence-electron chi connectivity index (χ4n) is 9.40. The highest BCUT2D eigenvalue weighted by atomic mass is 32.1. The van der Waals surface area contributed by atoms with Crippen LogP contribution in [0, 0.1) is 16.2 Å². The molecule has 5 heterocycles. The molecule has 8 bridgehead atoms. The average Bonchev–Trinajstić information content (AvgIpc) is 3.88. The van der Waals surface area contributed by atoms with Crippen LogP contribution in [0.4, 0.5) is 22.7 Å². The van der Waals surface area contributed by atoms with Gasteiger partial charge in [-0.1, -0.05) is 153 Å². The van der Waals surface area contributed by atoms with Crippen molar-refractivity contribution in [2.75, 3.05) is 6.61 Å². The first-order valence-corrected chi connectivity index (χ1v) is 27.8. The van der Waals surface area contributed by atoms with Gasteiger partial charge in [0.2, 0.25) is 5.90 Å². The lowest BCUT2D eigenvalue weighted by molar-refractivity contribution is 0.342. The number of aliphatic hydroxyl groups excluding tert-OH is 4. The topological polar surface area (TPSA) is 197 Å². The summed E-state index contributed by atoms with van der Waals surface area (Å²) in [6.45, 7) is 17.0. The van der Waals surface area contributed by atoms with Gasteiger partial charge < -0.3 is 35.1 Å². The molecule has 6 N–H and O–H groups in total. The Morgan fingerprint density at radius 2 is 0.707 bits per heavy atom. The van der Waals surface area contributed by atoms with Crippen molar-refractivity contribution in [1.82, 2.24) is 19.9 Å². The molecule has 0 saturated heterocycles. The zero-order valence-electron chi connectivity index (χ0n) is 47.4. The predicted molar refractivity (Wildman–Crippen MR) is 342 cm³/mol. The van der Waals surface area contributed by atoms with Gasteiger partial charge in [-0.05, 0) is 78.9 Å². The molecule has 5 aromatic carbocycles. The fourth-order valence-corrected chi connectivity index (χ4v) is 9.66. The molecule has 2 aliphatic heterocycles. The second-order valence-electron chi connectivity index (χ2n) is 23.2. The molecule has 0 saturated carbocycles. The number of thiol groups is 1. The summed E-state index contributed by atoms with van der Waals surface area (Å²) in [7, 11) is 0. The Kier molecular flexibility index (Phi) is 15.5. The lowest BCUT2D eigenvalue weighted by Gasteiger charge is -2.17. The van der Waals surface area contributed by atoms with E-state index in [2.05, 4.69) is 22.6 Å². The molecule has 414 valence electrons. The number of ether oxygens (including phenoxy) is 1. The Bertz CT molecular complexity index is 4090. The number of rotatable bonds is 12. The van der Waals surface area contributed by atoms with Crippen molar-refractivity contribution >= 4 is 105 Å². The molecular weight excluding hydrogens is 1040 g/mol. The zero-order valence-corrected chi connectivity index (χ0v) is 48.3. The van der Waals surface area contributed by atoms with Gasteiger partial charge in [-0.3, -0.25) is 0 Å². The van der Waals surface area contributed by atoms with Crippen LogP contribution in [0.25, 0.3) is 90.9 Å². The normalized spacial score (nSPS) is 13.5. The van der Waals surface area contributed by atoms with E-state index in [1.807, 2.05) is 232 Å². The summed E-state index contributed by atoms with van der Waals surface area (Å²) in [4.78, 5) is 38.0. The Hall–Kier alpha value is -9.27. The third kappa shape index (κ3) is 11.8. The van der Waals surface area contributed by atoms with Gasteiger partial charge in [0.05, 0.1) is 45.5 Å². The molecule has 8 aromatic rings. The number of benzene rings is 5. The van der Waals surface area contributed by atoms with Gasteiger partial charge in [0.15, 0.2) is 24.3 Å². The van der Waals surface area contributed by atoms with Crippen molar-refractivity contribution in [3.05, 3.63) is 174 Å². The van der Waals surface area contributed by atoms with Gasteiger partial charge in [0.1, 0.15) is 5.75 Å². The third-order valence-electron chi connectivity index (χ3n) is 13.9. The van der Waals surface area contributed by atoms with Crippen molar-refractivity contribution in [2.45, 2.75) is 68.1 Å². The summed E-state index contributed by atoms with van der Waals surface area (Å²) in [5.74, 6) is 0.711. The first kappa shape index (κ1) is 56.0. The first-order valence-electron chi connectivity index (χ1n) is 27.1. The van der Waals surface area contributed by atoms with Crippen LogP contribution in [-0.4, -0.2) is 70.6 Å². The molecule has 0 amide bonds. The van der Waals surface area contributed by atoms with Gasteiger partial charge in [-0.25, -0.2) is 29.9 Å². The minimum Gasteiger partial charge on any atom is -0.496 e. The molecule has 10 rings (SSSR count). The van der Waals surface area contributed by atoms with Crippen molar-refractivity contribution in [3.63, 3.8) is 0 Å². The van der Waals surface area contributed by atoms with E-state index >= 15 is 0 Å². The molecule has 13 nitrogen and oxygen atoms in total. The number of aliphatic hydroxyl groups is 4. The smallest absolute Gasteiger partial charge is 0.225 e. The number of hydrogen-bond donors (Lipinski definition) is 7. The Balaban J connectivity index is 1.36. The van der Waals surface area contributed by atoms with E-state index < -0.39 is 16.2 Å². The second-order valence-corrected chi connectivity index (χ2v) is 23.5. The zero-order chi connectivity index (χ0) is 58.1. The molecule has 14 heteroatoms. The summed E-state index contributed by atoms with van der Waals surface area (Å²) in [6.07, 6.45) is 7.88. The van der Waals surface area contributed by atoms with Crippen molar-refractivity contribution in [2.24, 2.45) is 36.2 Å². The van der Waals surface area contributed by atoms with Gasteiger partial charge >= 0.3 is 0 Å². The summed E-state index contributed by atoms with van der Waals surface area (Å²) < 4.78 is 6.09. The van der Waals surface area contributed by atoms with Crippen LogP contribution in [0.2, 0.25) is 0 Å². The van der Waals surface area contributed by atoms with Gasteiger partial charge in [-0.2, -0.15) is 12.6 Å². The Labute approximate surface area is 483 Å². The molecule has 0 atom stereocenters. The van der Waals surface area contributed by atoms with Crippen LogP contribution in [0.5, 0.6) is 5.75 Å². The van der Waals surface area contributed by atoms with E-state index in [1.165, 1.54) is 0 Å². The summed E-state index contributed by atoms with van der Waals surface area (Å²) in [5.41, 5.74) is 11.6. The standard InChI is InChI=1S/C68H66N8O5S/c1-66(2,3)63(78)74-46-26-16-12-22-42(46)60-51-32-30-49(69-51)59(41-21-11-15-25-45(41)73-58(77)38-81-57-29-19-10-20-40(57)39-82)50-31-33-52(70-50)61(43-23-13-17-27-47(43)75-64(79)67(4,5)6)54-35-37-56(72-54)62(55-36-34-53(60)71-55)44-24-14-18-28-48(44)76-65(80)68(7,8)9/h10-37,69,72,82H,38-39H2,1-9H3,(H,73,77)(H,74,78)(H,75,79)(H,76,80). The number of hydrogen-bond acceptors (Lipinski definition) is 8. The van der Waals surface area contributed by atoms with Gasteiger partial charge in [-0.15, -0.1) is 0 Å². The first-order chi connectivity index (χ1) is 39.2. The summed E-state index contributed by atoms with van der Waals surface area (Å²) in [5, 5.41) is 45.9. The maximum atomic E-state index is 11.6. The number of H-pyrrole nitrogens is 2. The lowest BCUT2D eigenvalue weighted by atomic mass is 9.96. The predicted octanol–water partition coefficient (Wildman–Crippen LogP) is 18.3. The highest BCUT2D eigenvalue weighted by Gasteiger charge is 2.26. The molecule has 2 aliphatic rings. The largest absolute Gasteiger partial charge is 0.496 e. The molecule has 82 heavy (non-hydrogen) atoms. The van der Waals surface area contributed by atoms with Crippen LogP contribution in [0.15, 0.2) is 166 Å². The van der Waals surface area contributed by atoms with Crippen LogP contribution >= 0.6 is 12.6 Å². The molecule has 0 unspecified atom stereocenters. The van der Waals surface area contributed by atoms with E-state index in [4.69, 9.17) is 34.7 Å². The van der Waals surface area contributed by atoms with E-state index in [9.17, 15) is 20.4 Å². The van der Waals surface area contributed by atoms with Crippen molar-refractivity contribution in [1.29, 1.82) is 0 Å². The number of para-hydroxylation sites is 5. The van der Waals surface area contributed by atoms with Crippen LogP contribution in [0.1, 0.15) is 90.7 Å². The average molecular weight is 1110 g/mol. The fraction of sp³-hybridized carbons (Fsp3) is 0.206. The minimum absolute atomic E-state index is 0.0298. The van der Waals surface area contributed by atoms with Crippen LogP contribution < -0.4 is 4.74 Å². The van der Waals surface area contributed by atoms with Crippen LogP contribution in [-0.2, 0) is 5.75 Å². The quantitative estimate of drug-likeness (QED) is 0.0359. The van der Waals surface area contributed by atoms with Gasteiger partial charge in [0, 0.05) is 94.1 Å². The lowest BCUT2D eigenvalue weighted by Crippen LogP contribution is -2.19. The minimum atomic E-state index is -0.650. The monoisotopic (exact) mass is 1110 g/mol. The second kappa shape index (κ2) is 22.7. The van der Waals surface area contributed by atoms with Gasteiger partial charge in [0.25, 0.3) is 0 Å². The van der Waals surface area contributed by atoms with Crippen molar-refractivity contribution in [3.8, 4) is 50.3 Å². The number of aromatic amines is 2. The van der Waals surface area contributed by atoms with Crippen LogP contribution in [0.3, 0.4) is 0 Å². The Morgan fingerprint density at radius 3 is 1.02 bits per heavy atom. The van der Waals surface area contributed by atoms with E-state index in [0.717, 1.165) is 5.56 Å².